The summed E-state index contributed by atoms with van der Waals surface area (Å²) in [5.74, 6) is 1.26. The molecule has 0 aliphatic heterocycles. The molecule has 2 atom stereocenters. The van der Waals surface area contributed by atoms with Gasteiger partial charge in [-0.25, -0.2) is 0 Å². The van der Waals surface area contributed by atoms with Gasteiger partial charge >= 0.3 is 0 Å². The van der Waals surface area contributed by atoms with Crippen LogP contribution in [0.4, 0.5) is 0 Å². The highest BCUT2D eigenvalue weighted by atomic mass is 14.9. The van der Waals surface area contributed by atoms with Crippen LogP contribution in [-0.4, -0.2) is 13.1 Å². The Kier molecular flexibility index (Phi) is 4.59. The van der Waals surface area contributed by atoms with Gasteiger partial charge in [0.15, 0.2) is 0 Å². The fourth-order valence-corrected chi connectivity index (χ4v) is 2.66. The largest absolute Gasteiger partial charge is 0.314 e. The third kappa shape index (κ3) is 2.72. The SMILES string of the molecule is C=CC(C1=C(C(C)NC)CCC1)C(C)C. The van der Waals surface area contributed by atoms with E-state index in [4.69, 9.17) is 0 Å². The highest BCUT2D eigenvalue weighted by Gasteiger charge is 2.24. The Morgan fingerprint density at radius 3 is 2.27 bits per heavy atom. The summed E-state index contributed by atoms with van der Waals surface area (Å²) in [5.41, 5.74) is 3.29. The molecule has 0 heterocycles. The first-order valence-corrected chi connectivity index (χ1v) is 6.13. The van der Waals surface area contributed by atoms with E-state index in [1.54, 1.807) is 11.1 Å². The minimum absolute atomic E-state index is 0.531. The smallest absolute Gasteiger partial charge is 0.0251 e. The van der Waals surface area contributed by atoms with Crippen molar-refractivity contribution in [1.29, 1.82) is 0 Å². The summed E-state index contributed by atoms with van der Waals surface area (Å²) in [6.07, 6.45) is 6.01. The van der Waals surface area contributed by atoms with Crippen molar-refractivity contribution in [3.8, 4) is 0 Å². The predicted octanol–water partition coefficient (Wildman–Crippen LogP) is 3.53. The number of hydrogen-bond acceptors (Lipinski definition) is 1. The second kappa shape index (κ2) is 5.50. The van der Waals surface area contributed by atoms with Crippen LogP contribution in [0.1, 0.15) is 40.0 Å². The van der Waals surface area contributed by atoms with Crippen molar-refractivity contribution < 1.29 is 0 Å². The first kappa shape index (κ1) is 12.5. The van der Waals surface area contributed by atoms with Gasteiger partial charge in [-0.3, -0.25) is 0 Å². The van der Waals surface area contributed by atoms with Crippen molar-refractivity contribution >= 4 is 0 Å². The monoisotopic (exact) mass is 207 g/mol. The van der Waals surface area contributed by atoms with Crippen LogP contribution in [-0.2, 0) is 0 Å². The van der Waals surface area contributed by atoms with E-state index in [0.29, 0.717) is 17.9 Å². The highest BCUT2D eigenvalue weighted by molar-refractivity contribution is 5.28. The van der Waals surface area contributed by atoms with Gasteiger partial charge in [0.05, 0.1) is 0 Å². The van der Waals surface area contributed by atoms with Crippen LogP contribution in [0, 0.1) is 11.8 Å². The zero-order valence-corrected chi connectivity index (χ0v) is 10.6. The van der Waals surface area contributed by atoms with Crippen molar-refractivity contribution in [2.24, 2.45) is 11.8 Å². The molecule has 1 N–H and O–H groups in total. The molecule has 15 heavy (non-hydrogen) atoms. The Bertz CT molecular complexity index is 250. The summed E-state index contributed by atoms with van der Waals surface area (Å²) in [4.78, 5) is 0. The number of hydrogen-bond donors (Lipinski definition) is 1. The molecule has 0 saturated carbocycles. The van der Waals surface area contributed by atoms with Crippen LogP contribution in [0.5, 0.6) is 0 Å². The molecule has 0 bridgehead atoms. The lowest BCUT2D eigenvalue weighted by Gasteiger charge is -2.23. The lowest BCUT2D eigenvalue weighted by Crippen LogP contribution is -2.25. The fraction of sp³-hybridized carbons (Fsp3) is 0.714. The molecular formula is C14H25N. The maximum atomic E-state index is 3.99. The minimum Gasteiger partial charge on any atom is -0.314 e. The van der Waals surface area contributed by atoms with E-state index < -0.39 is 0 Å². The fourth-order valence-electron chi connectivity index (χ4n) is 2.66. The van der Waals surface area contributed by atoms with Crippen molar-refractivity contribution in [2.75, 3.05) is 7.05 Å². The van der Waals surface area contributed by atoms with Crippen LogP contribution in [0.3, 0.4) is 0 Å². The average Bonchev–Trinajstić information content (AvgIpc) is 2.66. The maximum absolute atomic E-state index is 3.99. The summed E-state index contributed by atoms with van der Waals surface area (Å²) in [5, 5.41) is 3.36. The second-order valence-corrected chi connectivity index (χ2v) is 4.92. The van der Waals surface area contributed by atoms with E-state index >= 15 is 0 Å². The number of rotatable bonds is 5. The van der Waals surface area contributed by atoms with Crippen molar-refractivity contribution in [1.82, 2.24) is 5.32 Å². The lowest BCUT2D eigenvalue weighted by molar-refractivity contribution is 0.511. The first-order chi connectivity index (χ1) is 7.11. The zero-order valence-electron chi connectivity index (χ0n) is 10.6. The molecule has 0 aromatic rings. The highest BCUT2D eigenvalue weighted by Crippen LogP contribution is 2.36. The van der Waals surface area contributed by atoms with Crippen molar-refractivity contribution in [3.63, 3.8) is 0 Å². The van der Waals surface area contributed by atoms with Crippen molar-refractivity contribution in [3.05, 3.63) is 23.8 Å². The Labute approximate surface area is 94.6 Å². The van der Waals surface area contributed by atoms with E-state index in [1.165, 1.54) is 19.3 Å². The second-order valence-electron chi connectivity index (χ2n) is 4.92. The molecule has 2 unspecified atom stereocenters. The molecule has 0 amide bonds. The molecule has 0 saturated heterocycles. The van der Waals surface area contributed by atoms with Crippen LogP contribution >= 0.6 is 0 Å². The number of likely N-dealkylation sites (N-methyl/N-ethyl adjacent to an activating group) is 1. The van der Waals surface area contributed by atoms with Crippen LogP contribution in [0.2, 0.25) is 0 Å². The van der Waals surface area contributed by atoms with Gasteiger partial charge in [0.2, 0.25) is 0 Å². The van der Waals surface area contributed by atoms with E-state index in [2.05, 4.69) is 38.7 Å². The predicted molar refractivity (Wildman–Crippen MR) is 67.9 cm³/mol. The Morgan fingerprint density at radius 1 is 1.20 bits per heavy atom. The normalized spacial score (nSPS) is 20.9. The molecule has 1 nitrogen and oxygen atoms in total. The summed E-state index contributed by atoms with van der Waals surface area (Å²) >= 11 is 0. The van der Waals surface area contributed by atoms with Gasteiger partial charge in [0.1, 0.15) is 0 Å². The lowest BCUT2D eigenvalue weighted by atomic mass is 9.85. The standard InChI is InChI=1S/C14H25N/c1-6-12(10(2)3)14-9-7-8-13(14)11(4)15-5/h6,10-12,15H,1,7-9H2,2-5H3. The average molecular weight is 207 g/mol. The van der Waals surface area contributed by atoms with Gasteiger partial charge in [0, 0.05) is 12.0 Å². The van der Waals surface area contributed by atoms with E-state index in [9.17, 15) is 0 Å². The summed E-state index contributed by atoms with van der Waals surface area (Å²) in [6, 6.07) is 0.531. The Morgan fingerprint density at radius 2 is 1.80 bits per heavy atom. The molecule has 1 aliphatic rings. The van der Waals surface area contributed by atoms with E-state index in [0.717, 1.165) is 0 Å². The minimum atomic E-state index is 0.531. The van der Waals surface area contributed by atoms with Gasteiger partial charge in [-0.05, 0) is 39.2 Å². The quantitative estimate of drug-likeness (QED) is 0.680. The molecule has 1 rings (SSSR count). The summed E-state index contributed by atoms with van der Waals surface area (Å²) < 4.78 is 0. The van der Waals surface area contributed by atoms with Gasteiger partial charge in [0.25, 0.3) is 0 Å². The molecule has 1 heteroatoms. The molecule has 1 aliphatic carbocycles. The third-order valence-corrected chi connectivity index (χ3v) is 3.63. The number of nitrogens with one attached hydrogen (secondary N) is 1. The molecule has 0 spiro atoms. The first-order valence-electron chi connectivity index (χ1n) is 6.13. The van der Waals surface area contributed by atoms with Crippen LogP contribution in [0.15, 0.2) is 23.8 Å². The summed E-state index contributed by atoms with van der Waals surface area (Å²) in [7, 11) is 2.05. The Hall–Kier alpha value is -0.560. The maximum Gasteiger partial charge on any atom is 0.0251 e. The van der Waals surface area contributed by atoms with Gasteiger partial charge in [-0.2, -0.15) is 0 Å². The van der Waals surface area contributed by atoms with Crippen LogP contribution < -0.4 is 5.32 Å². The Balaban J connectivity index is 2.93. The summed E-state index contributed by atoms with van der Waals surface area (Å²) in [6.45, 7) is 10.8. The third-order valence-electron chi connectivity index (χ3n) is 3.63. The molecule has 0 fully saturated rings. The molecule has 0 radical (unpaired) electrons. The van der Waals surface area contributed by atoms with Crippen LogP contribution in [0.25, 0.3) is 0 Å². The van der Waals surface area contributed by atoms with Gasteiger partial charge < -0.3 is 5.32 Å². The van der Waals surface area contributed by atoms with Crippen molar-refractivity contribution in [2.45, 2.75) is 46.1 Å². The van der Waals surface area contributed by atoms with E-state index in [-0.39, 0.29) is 0 Å². The molecule has 0 aromatic carbocycles. The zero-order chi connectivity index (χ0) is 11.4. The van der Waals surface area contributed by atoms with E-state index in [1.807, 2.05) is 7.05 Å². The van der Waals surface area contributed by atoms with Gasteiger partial charge in [-0.15, -0.1) is 6.58 Å². The number of allylic oxidation sites excluding steroid dienone is 2. The van der Waals surface area contributed by atoms with Gasteiger partial charge in [-0.1, -0.05) is 31.1 Å². The molecule has 0 aromatic heterocycles. The topological polar surface area (TPSA) is 12.0 Å². The molecular weight excluding hydrogens is 182 g/mol. The molecule has 86 valence electrons.